The molecular weight excluding hydrogens is 396 g/mol. The smallest absolute Gasteiger partial charge is 0.234 e. The van der Waals surface area contributed by atoms with Crippen LogP contribution in [0.15, 0.2) is 35.5 Å². The summed E-state index contributed by atoms with van der Waals surface area (Å²) in [5.41, 5.74) is 1.59. The average Bonchev–Trinajstić information content (AvgIpc) is 3.01. The summed E-state index contributed by atoms with van der Waals surface area (Å²) in [4.78, 5) is 33.6. The molecule has 7 atom stereocenters. The summed E-state index contributed by atoms with van der Waals surface area (Å²) >= 11 is 0. The number of carbonyl (C=O) groups is 2. The number of aliphatic hydroxyl groups excluding tert-OH is 2. The number of hydrogen-bond acceptors (Lipinski definition) is 6. The minimum atomic E-state index is -1.06. The van der Waals surface area contributed by atoms with E-state index in [-0.39, 0.29) is 30.2 Å². The van der Waals surface area contributed by atoms with Crippen LogP contribution in [0.2, 0.25) is 0 Å². The normalized spacial score (nSPS) is 35.3. The number of nitrogens with zero attached hydrogens (tertiary/aromatic N) is 2. The van der Waals surface area contributed by atoms with Crippen LogP contribution in [0.4, 0.5) is 0 Å². The van der Waals surface area contributed by atoms with Gasteiger partial charge in [0.15, 0.2) is 0 Å². The van der Waals surface area contributed by atoms with Crippen molar-refractivity contribution >= 4 is 17.5 Å². The third kappa shape index (κ3) is 3.89. The molecule has 31 heavy (non-hydrogen) atoms. The third-order valence-corrected chi connectivity index (χ3v) is 7.07. The maximum absolute atomic E-state index is 13.5. The number of imide groups is 1. The second kappa shape index (κ2) is 8.71. The van der Waals surface area contributed by atoms with E-state index in [1.807, 2.05) is 51.1 Å². The summed E-state index contributed by atoms with van der Waals surface area (Å²) in [7, 11) is 0. The monoisotopic (exact) mass is 428 g/mol. The molecule has 1 aromatic carbocycles. The van der Waals surface area contributed by atoms with E-state index in [1.54, 1.807) is 0 Å². The number of fused-ring (bicyclic) bond motifs is 3. The van der Waals surface area contributed by atoms with Crippen molar-refractivity contribution in [1.82, 2.24) is 4.90 Å². The Bertz CT molecular complexity index is 855. The van der Waals surface area contributed by atoms with Crippen LogP contribution >= 0.6 is 0 Å². The molecule has 2 amide bonds. The van der Waals surface area contributed by atoms with Crippen LogP contribution in [-0.4, -0.2) is 51.5 Å². The highest BCUT2D eigenvalue weighted by molar-refractivity contribution is 6.06. The molecule has 7 heteroatoms. The van der Waals surface area contributed by atoms with E-state index in [2.05, 4.69) is 5.16 Å². The Hall–Kier alpha value is -2.25. The van der Waals surface area contributed by atoms with Gasteiger partial charge in [-0.25, -0.2) is 0 Å². The summed E-state index contributed by atoms with van der Waals surface area (Å²) in [6.45, 7) is 6.38. The molecule has 2 saturated carbocycles. The van der Waals surface area contributed by atoms with Gasteiger partial charge in [0.1, 0.15) is 6.61 Å². The molecule has 3 aliphatic rings. The first kappa shape index (κ1) is 22.0. The molecule has 2 N–H and O–H groups in total. The molecule has 4 rings (SSSR count). The lowest BCUT2D eigenvalue weighted by Gasteiger charge is -2.45. The van der Waals surface area contributed by atoms with Crippen LogP contribution in [0, 0.1) is 29.6 Å². The minimum absolute atomic E-state index is 0.171. The Morgan fingerprint density at radius 2 is 1.74 bits per heavy atom. The van der Waals surface area contributed by atoms with Crippen molar-refractivity contribution in [1.29, 1.82) is 0 Å². The fourth-order valence-corrected chi connectivity index (χ4v) is 5.53. The Balaban J connectivity index is 1.62. The predicted octanol–water partition coefficient (Wildman–Crippen LogP) is 2.53. The van der Waals surface area contributed by atoms with Crippen molar-refractivity contribution in [3.05, 3.63) is 35.9 Å². The highest BCUT2D eigenvalue weighted by Crippen LogP contribution is 2.51. The van der Waals surface area contributed by atoms with Gasteiger partial charge in [-0.1, -0.05) is 49.3 Å². The molecule has 168 valence electrons. The fourth-order valence-electron chi connectivity index (χ4n) is 5.53. The third-order valence-electron chi connectivity index (χ3n) is 7.07. The first-order valence-corrected chi connectivity index (χ1v) is 11.3. The van der Waals surface area contributed by atoms with Gasteiger partial charge in [0.25, 0.3) is 0 Å². The maximum atomic E-state index is 13.5. The minimum Gasteiger partial charge on any atom is -0.396 e. The molecule has 7 nitrogen and oxygen atoms in total. The first-order chi connectivity index (χ1) is 14.8. The van der Waals surface area contributed by atoms with Crippen LogP contribution in [0.5, 0.6) is 0 Å². The van der Waals surface area contributed by atoms with Gasteiger partial charge in [-0.2, -0.15) is 0 Å². The summed E-state index contributed by atoms with van der Waals surface area (Å²) in [6.07, 6.45) is -0.646. The van der Waals surface area contributed by atoms with Crippen LogP contribution in [0.1, 0.15) is 51.6 Å². The van der Waals surface area contributed by atoms with Crippen LogP contribution in [0.25, 0.3) is 0 Å². The van der Waals surface area contributed by atoms with Gasteiger partial charge in [-0.05, 0) is 31.2 Å². The average molecular weight is 429 g/mol. The Kier molecular flexibility index (Phi) is 6.17. The Morgan fingerprint density at radius 3 is 2.42 bits per heavy atom. The lowest BCUT2D eigenvalue weighted by Crippen LogP contribution is -2.54. The van der Waals surface area contributed by atoms with Crippen molar-refractivity contribution in [2.24, 2.45) is 34.7 Å². The molecule has 1 aliphatic heterocycles. The molecule has 0 bridgehead atoms. The molecule has 0 spiro atoms. The molecule has 0 radical (unpaired) electrons. The maximum Gasteiger partial charge on any atom is 0.234 e. The van der Waals surface area contributed by atoms with Gasteiger partial charge < -0.3 is 15.1 Å². The first-order valence-electron chi connectivity index (χ1n) is 11.3. The number of likely N-dealkylation sites (tertiary alicyclic amines) is 1. The van der Waals surface area contributed by atoms with E-state index in [9.17, 15) is 19.8 Å². The highest BCUT2D eigenvalue weighted by Gasteiger charge is 2.60. The summed E-state index contributed by atoms with van der Waals surface area (Å²) in [5.74, 6) is -1.92. The predicted molar refractivity (Wildman–Crippen MR) is 115 cm³/mol. The zero-order valence-electron chi connectivity index (χ0n) is 18.3. The number of oxime groups is 1. The van der Waals surface area contributed by atoms with Crippen LogP contribution < -0.4 is 0 Å². The highest BCUT2D eigenvalue weighted by atomic mass is 16.6. The summed E-state index contributed by atoms with van der Waals surface area (Å²) < 4.78 is 0. The molecule has 0 aromatic heterocycles. The van der Waals surface area contributed by atoms with Crippen LogP contribution in [-0.2, 0) is 14.4 Å². The van der Waals surface area contributed by atoms with Gasteiger partial charge in [0.05, 0.1) is 35.8 Å². The molecular formula is C24H32N2O5. The van der Waals surface area contributed by atoms with E-state index in [1.165, 1.54) is 4.90 Å². The standard InChI is InChI=1S/C24H32N2O5/c1-13(2)12-31-25-18-11-19(27)22(28)20-16(18)9-10-17-21(20)24(30)26(23(17)29)14(3)15-7-5-4-6-8-15/h4-8,13-14,16-17,19-22,27-28H,9-12H2,1-3H3/t14-,16-,17+,19+,20-,21+,22+/m0/s1. The van der Waals surface area contributed by atoms with Crippen molar-refractivity contribution in [3.63, 3.8) is 0 Å². The topological polar surface area (TPSA) is 99.4 Å². The van der Waals surface area contributed by atoms with E-state index < -0.39 is 30.0 Å². The quantitative estimate of drug-likeness (QED) is 0.555. The number of carbonyl (C=O) groups excluding carboxylic acids is 2. The fraction of sp³-hybridized carbons (Fsp3) is 0.625. The van der Waals surface area contributed by atoms with Gasteiger partial charge in [0.2, 0.25) is 11.8 Å². The number of amides is 2. The molecule has 0 unspecified atom stereocenters. The van der Waals surface area contributed by atoms with Crippen molar-refractivity contribution in [2.45, 2.75) is 58.3 Å². The molecule has 3 fully saturated rings. The second-order valence-electron chi connectivity index (χ2n) is 9.56. The van der Waals surface area contributed by atoms with E-state index in [0.29, 0.717) is 31.1 Å². The van der Waals surface area contributed by atoms with E-state index in [4.69, 9.17) is 4.84 Å². The second-order valence-corrected chi connectivity index (χ2v) is 9.56. The van der Waals surface area contributed by atoms with Gasteiger partial charge in [0, 0.05) is 18.3 Å². The molecule has 1 saturated heterocycles. The number of aliphatic hydroxyl groups is 2. The van der Waals surface area contributed by atoms with E-state index in [0.717, 1.165) is 5.56 Å². The largest absolute Gasteiger partial charge is 0.396 e. The summed E-state index contributed by atoms with van der Waals surface area (Å²) in [5, 5.41) is 25.7. The molecule has 1 heterocycles. The Morgan fingerprint density at radius 1 is 1.06 bits per heavy atom. The molecule has 1 aromatic rings. The van der Waals surface area contributed by atoms with Crippen molar-refractivity contribution in [2.75, 3.05) is 6.61 Å². The lowest BCUT2D eigenvalue weighted by molar-refractivity contribution is -0.144. The zero-order valence-corrected chi connectivity index (χ0v) is 18.3. The number of rotatable bonds is 5. The molecule has 2 aliphatic carbocycles. The van der Waals surface area contributed by atoms with Gasteiger partial charge in [-0.3, -0.25) is 14.5 Å². The van der Waals surface area contributed by atoms with Crippen LogP contribution in [0.3, 0.4) is 0 Å². The van der Waals surface area contributed by atoms with Crippen molar-refractivity contribution in [3.8, 4) is 0 Å². The Labute approximate surface area is 183 Å². The number of hydrogen-bond donors (Lipinski definition) is 2. The van der Waals surface area contributed by atoms with E-state index >= 15 is 0 Å². The number of benzene rings is 1. The van der Waals surface area contributed by atoms with Gasteiger partial charge in [-0.15, -0.1) is 0 Å². The van der Waals surface area contributed by atoms with Crippen molar-refractivity contribution < 1.29 is 24.6 Å². The summed E-state index contributed by atoms with van der Waals surface area (Å²) in [6, 6.07) is 9.12. The SMILES string of the molecule is CC(C)CON=C1C[C@@H](O)[C@@H](O)[C@@H]2[C@@H]3C(=O)N([C@@H](C)c4ccccc4)C(=O)[C@@H]3CC[C@@H]12. The lowest BCUT2D eigenvalue weighted by atomic mass is 9.60. The zero-order chi connectivity index (χ0) is 22.3. The van der Waals surface area contributed by atoms with Gasteiger partial charge >= 0.3 is 0 Å².